The van der Waals surface area contributed by atoms with Gasteiger partial charge in [-0.15, -0.1) is 0 Å². The van der Waals surface area contributed by atoms with E-state index in [1.165, 1.54) is 44.5 Å². The fourth-order valence-corrected chi connectivity index (χ4v) is 6.71. The largest absolute Gasteiger partial charge is 1.00 e. The van der Waals surface area contributed by atoms with Crippen molar-refractivity contribution in [3.8, 4) is 22.7 Å². The number of fused-ring (bicyclic) bond motifs is 2. The molecule has 0 aliphatic carbocycles. The van der Waals surface area contributed by atoms with E-state index in [1.807, 2.05) is 18.3 Å². The normalized spacial score (nSPS) is 11.0. The zero-order valence-electron chi connectivity index (χ0n) is 30.1. The van der Waals surface area contributed by atoms with Gasteiger partial charge in [-0.05, 0) is 55.4 Å². The van der Waals surface area contributed by atoms with Crippen LogP contribution in [0, 0.1) is 68.0 Å². The van der Waals surface area contributed by atoms with Crippen LogP contribution >= 0.6 is 0 Å². The molecule has 0 bridgehead atoms. The Morgan fingerprint density at radius 2 is 0.667 bits per heavy atom. The Morgan fingerprint density at radius 1 is 0.392 bits per heavy atom. The van der Waals surface area contributed by atoms with E-state index < -0.39 is 0 Å². The molecule has 8 nitrogen and oxygen atoms in total. The van der Waals surface area contributed by atoms with Crippen LogP contribution in [0.3, 0.4) is 0 Å². The van der Waals surface area contributed by atoms with Crippen molar-refractivity contribution in [1.29, 1.82) is 0 Å². The van der Waals surface area contributed by atoms with E-state index >= 15 is 0 Å². The number of imidazole rings is 2. The molecule has 0 atom stereocenters. The fraction of sp³-hybridized carbons (Fsp3) is 0.190. The maximum Gasteiger partial charge on any atom is 1.00 e. The zero-order chi connectivity index (χ0) is 35.1. The van der Waals surface area contributed by atoms with Crippen molar-refractivity contribution >= 4 is 22.6 Å². The molecule has 4 aromatic heterocycles. The fourth-order valence-electron chi connectivity index (χ4n) is 6.71. The zero-order valence-corrected chi connectivity index (χ0v) is 31.1. The molecule has 4 heterocycles. The summed E-state index contributed by atoms with van der Waals surface area (Å²) in [5.74, 6) is 0. The average Bonchev–Trinajstić information content (AvgIpc) is 3.63. The summed E-state index contributed by atoms with van der Waals surface area (Å²) in [5, 5.41) is 0. The number of nitrogens with zero attached hydrogens (tertiary/aromatic N) is 8. The minimum absolute atomic E-state index is 0. The first-order valence-corrected chi connectivity index (χ1v) is 16.7. The van der Waals surface area contributed by atoms with Crippen LogP contribution in [0.2, 0.25) is 0 Å². The van der Waals surface area contributed by atoms with Crippen LogP contribution in [0.25, 0.3) is 45.3 Å². The number of hydrogen-bond acceptors (Lipinski definition) is 4. The van der Waals surface area contributed by atoms with E-state index in [9.17, 15) is 0 Å². The third-order valence-corrected chi connectivity index (χ3v) is 8.43. The van der Waals surface area contributed by atoms with E-state index in [-0.39, 0.29) is 17.1 Å². The molecule has 0 saturated carbocycles. The van der Waals surface area contributed by atoms with Gasteiger partial charge in [-0.25, -0.2) is 0 Å². The number of aryl methyl sites for hydroxylation is 8. The summed E-state index contributed by atoms with van der Waals surface area (Å²) in [6.07, 6.45) is 13.8. The Balaban J connectivity index is 0.000000172. The van der Waals surface area contributed by atoms with Crippen LogP contribution in [0.1, 0.15) is 44.5 Å². The summed E-state index contributed by atoms with van der Waals surface area (Å²) >= 11 is 0. The third kappa shape index (κ3) is 7.36. The summed E-state index contributed by atoms with van der Waals surface area (Å²) in [4.78, 5) is 18.2. The maximum atomic E-state index is 4.56. The summed E-state index contributed by atoms with van der Waals surface area (Å²) in [7, 11) is 0. The Hall–Kier alpha value is -5.50. The van der Waals surface area contributed by atoms with E-state index in [0.717, 1.165) is 45.3 Å². The molecular formula is C42H40CuN8+. The van der Waals surface area contributed by atoms with E-state index in [0.29, 0.717) is 0 Å². The molecule has 0 aliphatic rings. The number of benzene rings is 4. The first-order chi connectivity index (χ1) is 24.0. The van der Waals surface area contributed by atoms with Crippen molar-refractivity contribution in [2.24, 2.45) is 0 Å². The van der Waals surface area contributed by atoms with Crippen molar-refractivity contribution in [3.63, 3.8) is 0 Å². The molecule has 0 fully saturated rings. The predicted molar refractivity (Wildman–Crippen MR) is 196 cm³/mol. The Labute approximate surface area is 309 Å². The van der Waals surface area contributed by atoms with Crippen molar-refractivity contribution in [2.75, 3.05) is 0 Å². The van der Waals surface area contributed by atoms with Crippen molar-refractivity contribution in [3.05, 3.63) is 155 Å². The molecule has 0 radical (unpaired) electrons. The van der Waals surface area contributed by atoms with Crippen LogP contribution in [-0.2, 0) is 17.1 Å². The predicted octanol–water partition coefficient (Wildman–Crippen LogP) is 7.46. The van der Waals surface area contributed by atoms with Gasteiger partial charge in [0.25, 0.3) is 0 Å². The molecule has 0 aliphatic heterocycles. The van der Waals surface area contributed by atoms with Crippen LogP contribution in [0.4, 0.5) is 0 Å². The van der Waals surface area contributed by atoms with Crippen LogP contribution in [0.15, 0.2) is 97.6 Å². The van der Waals surface area contributed by atoms with Crippen LogP contribution in [-0.4, -0.2) is 29.1 Å². The number of hydrogen-bond donors (Lipinski definition) is 0. The van der Waals surface area contributed by atoms with Gasteiger partial charge in [0.15, 0.2) is 23.9 Å². The Morgan fingerprint density at radius 3 is 0.980 bits per heavy atom. The minimum atomic E-state index is 0. The second kappa shape index (κ2) is 14.4. The molecule has 8 rings (SSSR count). The van der Waals surface area contributed by atoms with Gasteiger partial charge in [0, 0.05) is 22.7 Å². The summed E-state index contributed by atoms with van der Waals surface area (Å²) in [5.41, 5.74) is 17.1. The van der Waals surface area contributed by atoms with Gasteiger partial charge >= 0.3 is 17.1 Å². The molecule has 0 spiro atoms. The van der Waals surface area contributed by atoms with Crippen LogP contribution < -0.4 is 9.13 Å². The second-order valence-corrected chi connectivity index (χ2v) is 13.3. The standard InChI is InChI=1S/2C21H20N4.Cu/c2*1-14-7-15(2)10-18(9-14)24-13-25(21-20(24)22-5-6-23-21)19-11-16(3)8-17(4)12-19;/h2*5-12H,1-4H3;/q;;+1. The number of rotatable bonds is 4. The van der Waals surface area contributed by atoms with E-state index in [4.69, 9.17) is 0 Å². The van der Waals surface area contributed by atoms with Crippen molar-refractivity contribution in [1.82, 2.24) is 29.1 Å². The summed E-state index contributed by atoms with van der Waals surface area (Å²) in [6, 6.07) is 25.8. The monoisotopic (exact) mass is 719 g/mol. The maximum absolute atomic E-state index is 4.56. The average molecular weight is 720 g/mol. The van der Waals surface area contributed by atoms with Gasteiger partial charge < -0.3 is 9.13 Å². The first kappa shape index (κ1) is 35.3. The van der Waals surface area contributed by atoms with Gasteiger partial charge in [-0.3, -0.25) is 19.1 Å². The molecule has 4 aromatic carbocycles. The molecule has 9 heteroatoms. The molecule has 258 valence electrons. The van der Waals surface area contributed by atoms with Gasteiger partial charge in [0.05, 0.1) is 12.4 Å². The topological polar surface area (TPSA) is 69.2 Å². The molecule has 51 heavy (non-hydrogen) atoms. The van der Waals surface area contributed by atoms with E-state index in [1.54, 1.807) is 24.8 Å². The van der Waals surface area contributed by atoms with Crippen LogP contribution in [0.5, 0.6) is 0 Å². The van der Waals surface area contributed by atoms with Crippen molar-refractivity contribution in [2.45, 2.75) is 55.4 Å². The van der Waals surface area contributed by atoms with Gasteiger partial charge in [0.1, 0.15) is 12.4 Å². The minimum Gasteiger partial charge on any atom is -0.309 e. The number of aromatic nitrogens is 8. The summed E-state index contributed by atoms with van der Waals surface area (Å²) in [6.45, 7) is 16.8. The summed E-state index contributed by atoms with van der Waals surface area (Å²) < 4.78 is 7.94. The quantitative estimate of drug-likeness (QED) is 0.108. The molecule has 8 aromatic rings. The van der Waals surface area contributed by atoms with Crippen molar-refractivity contribution < 1.29 is 26.2 Å². The molecule has 0 N–H and O–H groups in total. The third-order valence-electron chi connectivity index (χ3n) is 8.43. The molecule has 0 unspecified atom stereocenters. The smallest absolute Gasteiger partial charge is 0.309 e. The Kier molecular flexibility index (Phi) is 9.97. The molecule has 0 saturated heterocycles. The second-order valence-electron chi connectivity index (χ2n) is 13.3. The van der Waals surface area contributed by atoms with Gasteiger partial charge in [0.2, 0.25) is 11.3 Å². The Bertz CT molecular complexity index is 2120. The first-order valence-electron chi connectivity index (χ1n) is 16.7. The molecular weight excluding hydrogens is 680 g/mol. The molecule has 0 amide bonds. The van der Waals surface area contributed by atoms with Gasteiger partial charge in [-0.2, -0.15) is 9.97 Å². The van der Waals surface area contributed by atoms with Gasteiger partial charge in [-0.1, -0.05) is 117 Å². The SMILES string of the molecule is Cc1cc(C)cc(-n2[c-][n+](-c3cc(C)cc(C)c3)c3nccnc32)c1.Cc1cc(C)cc(-n2[c-][n+](-c3cc(C)cc(C)c3)c3nccnc32)c1.[Cu+]. The van der Waals surface area contributed by atoms with E-state index in [2.05, 4.69) is 161 Å².